The molecule has 0 bridgehead atoms. The first kappa shape index (κ1) is 25.0. The number of ether oxygens (including phenoxy) is 1. The van der Waals surface area contributed by atoms with Gasteiger partial charge in [0.05, 0.1) is 13.2 Å². The molecule has 162 valence electrons. The molecule has 2 amide bonds. The summed E-state index contributed by atoms with van der Waals surface area (Å²) in [6.45, 7) is 10.6. The number of nitrogens with zero attached hydrogens (tertiary/aromatic N) is 3. The van der Waals surface area contributed by atoms with E-state index in [2.05, 4.69) is 15.5 Å². The average molecular weight is 517 g/mol. The molecule has 0 aromatic heterocycles. The second kappa shape index (κ2) is 13.2. The smallest absolute Gasteiger partial charge is 0.409 e. The number of carbonyl (C=O) groups excluding carboxylic acids is 2. The molecule has 2 N–H and O–H groups in total. The van der Waals surface area contributed by atoms with Crippen LogP contribution in [0.5, 0.6) is 0 Å². The van der Waals surface area contributed by atoms with E-state index in [9.17, 15) is 9.59 Å². The molecule has 0 unspecified atom stereocenters. The lowest BCUT2D eigenvalue weighted by Crippen LogP contribution is -2.53. The minimum absolute atomic E-state index is 0. The van der Waals surface area contributed by atoms with Gasteiger partial charge in [0.1, 0.15) is 0 Å². The minimum Gasteiger partial charge on any atom is -0.450 e. The van der Waals surface area contributed by atoms with Gasteiger partial charge in [0, 0.05) is 44.8 Å². The first-order valence-corrected chi connectivity index (χ1v) is 9.91. The van der Waals surface area contributed by atoms with Crippen LogP contribution in [0.15, 0.2) is 29.3 Å². The third kappa shape index (κ3) is 7.71. The minimum atomic E-state index is -0.258. The van der Waals surface area contributed by atoms with E-state index < -0.39 is 0 Å². The van der Waals surface area contributed by atoms with Crippen molar-refractivity contribution in [1.82, 2.24) is 20.4 Å². The molecular formula is C20H32IN5O3. The largest absolute Gasteiger partial charge is 0.450 e. The lowest BCUT2D eigenvalue weighted by molar-refractivity contribution is 0.0913. The van der Waals surface area contributed by atoms with Gasteiger partial charge in [-0.1, -0.05) is 12.1 Å². The Kier molecular flexibility index (Phi) is 11.4. The predicted molar refractivity (Wildman–Crippen MR) is 125 cm³/mol. The molecule has 1 saturated heterocycles. The number of nitrogens with one attached hydrogen (secondary N) is 2. The summed E-state index contributed by atoms with van der Waals surface area (Å²) in [4.78, 5) is 32.5. The van der Waals surface area contributed by atoms with Crippen molar-refractivity contribution in [3.05, 3.63) is 35.4 Å². The van der Waals surface area contributed by atoms with E-state index >= 15 is 0 Å². The molecule has 1 aromatic rings. The Morgan fingerprint density at radius 1 is 1.03 bits per heavy atom. The van der Waals surface area contributed by atoms with Crippen LogP contribution in [0.3, 0.4) is 0 Å². The van der Waals surface area contributed by atoms with Gasteiger partial charge in [0.15, 0.2) is 5.96 Å². The highest BCUT2D eigenvalue weighted by Gasteiger charge is 2.23. The SMILES string of the molecule is CCNC(=O)c1cccc(CN=C(NCC)N2CCN(C(=O)OCC)CC2)c1.I. The van der Waals surface area contributed by atoms with Crippen molar-refractivity contribution < 1.29 is 14.3 Å². The highest BCUT2D eigenvalue weighted by Crippen LogP contribution is 2.09. The summed E-state index contributed by atoms with van der Waals surface area (Å²) in [5.41, 5.74) is 1.62. The molecule has 1 heterocycles. The number of hydrogen-bond acceptors (Lipinski definition) is 4. The molecule has 0 aliphatic carbocycles. The van der Waals surface area contributed by atoms with Gasteiger partial charge in [0.25, 0.3) is 5.91 Å². The Hall–Kier alpha value is -2.04. The Bertz CT molecular complexity index is 690. The second-order valence-electron chi connectivity index (χ2n) is 6.40. The number of aliphatic imine (C=N–C) groups is 1. The van der Waals surface area contributed by atoms with Gasteiger partial charge in [0.2, 0.25) is 0 Å². The molecule has 29 heavy (non-hydrogen) atoms. The zero-order valence-corrected chi connectivity index (χ0v) is 19.8. The van der Waals surface area contributed by atoms with Crippen LogP contribution < -0.4 is 10.6 Å². The maximum atomic E-state index is 12.0. The van der Waals surface area contributed by atoms with Crippen LogP contribution in [0.25, 0.3) is 0 Å². The number of piperazine rings is 1. The summed E-state index contributed by atoms with van der Waals surface area (Å²) in [7, 11) is 0. The Morgan fingerprint density at radius 3 is 2.31 bits per heavy atom. The van der Waals surface area contributed by atoms with Crippen LogP contribution in [0.2, 0.25) is 0 Å². The standard InChI is InChI=1S/C20H31N5O3.HI/c1-4-21-18(26)17-9-7-8-16(14-17)15-23-19(22-5-2)24-10-12-25(13-11-24)20(27)28-6-3;/h7-9,14H,4-6,10-13,15H2,1-3H3,(H,21,26)(H,22,23);1H. The van der Waals surface area contributed by atoms with Gasteiger partial charge in [-0.05, 0) is 38.5 Å². The van der Waals surface area contributed by atoms with Crippen molar-refractivity contribution in [2.75, 3.05) is 45.9 Å². The zero-order valence-electron chi connectivity index (χ0n) is 17.4. The van der Waals surface area contributed by atoms with Crippen molar-refractivity contribution in [3.8, 4) is 0 Å². The highest BCUT2D eigenvalue weighted by atomic mass is 127. The summed E-state index contributed by atoms with van der Waals surface area (Å²) in [5, 5.41) is 6.12. The lowest BCUT2D eigenvalue weighted by atomic mass is 10.1. The molecule has 8 nitrogen and oxygen atoms in total. The lowest BCUT2D eigenvalue weighted by Gasteiger charge is -2.35. The molecule has 2 rings (SSSR count). The van der Waals surface area contributed by atoms with E-state index in [-0.39, 0.29) is 36.0 Å². The van der Waals surface area contributed by atoms with Crippen LogP contribution in [0, 0.1) is 0 Å². The van der Waals surface area contributed by atoms with Crippen molar-refractivity contribution in [2.24, 2.45) is 4.99 Å². The van der Waals surface area contributed by atoms with Gasteiger partial charge >= 0.3 is 6.09 Å². The number of guanidine groups is 1. The van der Waals surface area contributed by atoms with Gasteiger partial charge < -0.3 is 25.2 Å². The fourth-order valence-corrected chi connectivity index (χ4v) is 2.98. The van der Waals surface area contributed by atoms with Gasteiger partial charge in [-0.15, -0.1) is 24.0 Å². The summed E-state index contributed by atoms with van der Waals surface area (Å²) in [6.07, 6.45) is -0.258. The Labute approximate surface area is 190 Å². The van der Waals surface area contributed by atoms with Crippen LogP contribution in [-0.2, 0) is 11.3 Å². The van der Waals surface area contributed by atoms with Crippen LogP contribution in [-0.4, -0.2) is 73.6 Å². The van der Waals surface area contributed by atoms with Crippen LogP contribution in [0.1, 0.15) is 36.7 Å². The van der Waals surface area contributed by atoms with Crippen LogP contribution >= 0.6 is 24.0 Å². The number of benzene rings is 1. The highest BCUT2D eigenvalue weighted by molar-refractivity contribution is 14.0. The molecule has 0 atom stereocenters. The third-order valence-electron chi connectivity index (χ3n) is 4.38. The van der Waals surface area contributed by atoms with Crippen molar-refractivity contribution in [1.29, 1.82) is 0 Å². The first-order chi connectivity index (χ1) is 13.6. The fraction of sp³-hybridized carbons (Fsp3) is 0.550. The van der Waals surface area contributed by atoms with Gasteiger partial charge in [-0.2, -0.15) is 0 Å². The fourth-order valence-electron chi connectivity index (χ4n) is 2.98. The van der Waals surface area contributed by atoms with Gasteiger partial charge in [-0.25, -0.2) is 9.79 Å². The zero-order chi connectivity index (χ0) is 20.4. The number of amides is 2. The van der Waals surface area contributed by atoms with Crippen LogP contribution in [0.4, 0.5) is 4.79 Å². The number of halogens is 1. The average Bonchev–Trinajstić information content (AvgIpc) is 2.72. The summed E-state index contributed by atoms with van der Waals surface area (Å²) in [5.74, 6) is 0.741. The van der Waals surface area contributed by atoms with Crippen molar-refractivity contribution in [2.45, 2.75) is 27.3 Å². The maximum Gasteiger partial charge on any atom is 0.409 e. The topological polar surface area (TPSA) is 86.3 Å². The third-order valence-corrected chi connectivity index (χ3v) is 4.38. The number of carbonyl (C=O) groups is 2. The summed E-state index contributed by atoms with van der Waals surface area (Å²) in [6, 6.07) is 7.52. The van der Waals surface area contributed by atoms with E-state index in [1.807, 2.05) is 39.0 Å². The number of hydrogen-bond donors (Lipinski definition) is 2. The Morgan fingerprint density at radius 2 is 1.69 bits per heavy atom. The summed E-state index contributed by atoms with van der Waals surface area (Å²) < 4.78 is 5.07. The van der Waals surface area contributed by atoms with E-state index in [0.29, 0.717) is 51.4 Å². The molecule has 0 radical (unpaired) electrons. The predicted octanol–water partition coefficient (Wildman–Crippen LogP) is 2.29. The maximum absolute atomic E-state index is 12.0. The normalized spacial score (nSPS) is 14.1. The molecule has 1 fully saturated rings. The molecule has 1 aromatic carbocycles. The number of rotatable bonds is 6. The first-order valence-electron chi connectivity index (χ1n) is 9.91. The van der Waals surface area contributed by atoms with E-state index in [0.717, 1.165) is 18.1 Å². The second-order valence-corrected chi connectivity index (χ2v) is 6.40. The van der Waals surface area contributed by atoms with E-state index in [1.54, 1.807) is 11.0 Å². The van der Waals surface area contributed by atoms with Crippen molar-refractivity contribution in [3.63, 3.8) is 0 Å². The van der Waals surface area contributed by atoms with E-state index in [4.69, 9.17) is 9.73 Å². The monoisotopic (exact) mass is 517 g/mol. The molecule has 1 aliphatic heterocycles. The summed E-state index contributed by atoms with van der Waals surface area (Å²) >= 11 is 0. The molecular weight excluding hydrogens is 485 g/mol. The van der Waals surface area contributed by atoms with Crippen molar-refractivity contribution >= 4 is 41.9 Å². The quantitative estimate of drug-likeness (QED) is 0.344. The van der Waals surface area contributed by atoms with E-state index in [1.165, 1.54) is 0 Å². The molecule has 9 heteroatoms. The molecule has 1 aliphatic rings. The molecule has 0 saturated carbocycles. The molecule has 0 spiro atoms. The van der Waals surface area contributed by atoms with Gasteiger partial charge in [-0.3, -0.25) is 4.79 Å². The Balaban J connectivity index is 0.00000420.